The Bertz CT molecular complexity index is 657. The van der Waals surface area contributed by atoms with Gasteiger partial charge in [0.2, 0.25) is 0 Å². The Labute approximate surface area is 125 Å². The lowest BCUT2D eigenvalue weighted by Crippen LogP contribution is -2.33. The fourth-order valence-corrected chi connectivity index (χ4v) is 2.84. The van der Waals surface area contributed by atoms with E-state index in [9.17, 15) is 0 Å². The molecule has 1 atom stereocenters. The number of nitriles is 1. The summed E-state index contributed by atoms with van der Waals surface area (Å²) in [6.07, 6.45) is 2.71. The Hall–Kier alpha value is -2.54. The molecule has 0 saturated heterocycles. The number of anilines is 2. The molecule has 2 heterocycles. The summed E-state index contributed by atoms with van der Waals surface area (Å²) in [4.78, 5) is 6.66. The molecule has 1 N–H and O–H groups in total. The smallest absolute Gasteiger partial charge is 0.126 e. The molecule has 4 nitrogen and oxygen atoms in total. The van der Waals surface area contributed by atoms with Crippen LogP contribution in [0.15, 0.2) is 42.6 Å². The summed E-state index contributed by atoms with van der Waals surface area (Å²) in [6, 6.07) is 14.8. The predicted molar refractivity (Wildman–Crippen MR) is 84.4 cm³/mol. The second-order valence-electron chi connectivity index (χ2n) is 5.35. The molecule has 21 heavy (non-hydrogen) atoms. The Balaban J connectivity index is 1.59. The number of fused-ring (bicyclic) bond motifs is 1. The predicted octanol–water partition coefficient (Wildman–Crippen LogP) is 2.82. The molecule has 2 aromatic rings. The van der Waals surface area contributed by atoms with E-state index in [2.05, 4.69) is 52.5 Å². The second-order valence-corrected chi connectivity index (χ2v) is 5.35. The number of aromatic nitrogens is 1. The summed E-state index contributed by atoms with van der Waals surface area (Å²) in [7, 11) is 0. The van der Waals surface area contributed by atoms with Crippen molar-refractivity contribution in [3.05, 3.63) is 53.7 Å². The van der Waals surface area contributed by atoms with Crippen LogP contribution in [0.5, 0.6) is 0 Å². The van der Waals surface area contributed by atoms with Crippen molar-refractivity contribution in [2.75, 3.05) is 23.3 Å². The van der Waals surface area contributed by atoms with E-state index in [1.54, 1.807) is 12.3 Å². The van der Waals surface area contributed by atoms with Gasteiger partial charge in [-0.2, -0.15) is 5.26 Å². The second kappa shape index (κ2) is 5.84. The van der Waals surface area contributed by atoms with E-state index in [1.165, 1.54) is 11.3 Å². The molecule has 106 valence electrons. The average Bonchev–Trinajstić information content (AvgIpc) is 2.84. The van der Waals surface area contributed by atoms with Crippen LogP contribution in [0.2, 0.25) is 0 Å². The molecule has 1 aliphatic rings. The average molecular weight is 278 g/mol. The monoisotopic (exact) mass is 278 g/mol. The minimum Gasteiger partial charge on any atom is -0.368 e. The summed E-state index contributed by atoms with van der Waals surface area (Å²) >= 11 is 0. The molecule has 1 unspecified atom stereocenters. The normalized spacial score (nSPS) is 16.4. The molecule has 0 fully saturated rings. The van der Waals surface area contributed by atoms with Gasteiger partial charge in [0, 0.05) is 31.0 Å². The highest BCUT2D eigenvalue weighted by Gasteiger charge is 2.24. The quantitative estimate of drug-likeness (QED) is 0.934. The third-order valence-corrected chi connectivity index (χ3v) is 3.90. The molecule has 0 radical (unpaired) electrons. The highest BCUT2D eigenvalue weighted by atomic mass is 15.2. The van der Waals surface area contributed by atoms with Crippen LogP contribution in [0.1, 0.15) is 18.1 Å². The lowest BCUT2D eigenvalue weighted by molar-refractivity contribution is 0.680. The number of nitrogens with one attached hydrogen (secondary N) is 1. The van der Waals surface area contributed by atoms with Gasteiger partial charge in [0.15, 0.2) is 0 Å². The van der Waals surface area contributed by atoms with Crippen molar-refractivity contribution in [2.24, 2.45) is 0 Å². The minimum atomic E-state index is 0.540. The van der Waals surface area contributed by atoms with Crippen LogP contribution in [0.25, 0.3) is 0 Å². The third kappa shape index (κ3) is 2.82. The van der Waals surface area contributed by atoms with Gasteiger partial charge in [-0.25, -0.2) is 4.98 Å². The van der Waals surface area contributed by atoms with E-state index in [-0.39, 0.29) is 0 Å². The maximum absolute atomic E-state index is 8.75. The van der Waals surface area contributed by atoms with Crippen molar-refractivity contribution < 1.29 is 0 Å². The molecule has 1 aliphatic heterocycles. The largest absolute Gasteiger partial charge is 0.368 e. The van der Waals surface area contributed by atoms with Gasteiger partial charge >= 0.3 is 0 Å². The number of nitrogens with zero attached hydrogens (tertiary/aromatic N) is 3. The van der Waals surface area contributed by atoms with Crippen molar-refractivity contribution in [3.8, 4) is 6.07 Å². The van der Waals surface area contributed by atoms with E-state index in [0.29, 0.717) is 11.6 Å². The van der Waals surface area contributed by atoms with E-state index < -0.39 is 0 Å². The molecule has 0 amide bonds. The van der Waals surface area contributed by atoms with Crippen LogP contribution >= 0.6 is 0 Å². The Kier molecular flexibility index (Phi) is 3.74. The van der Waals surface area contributed by atoms with Gasteiger partial charge < -0.3 is 10.2 Å². The zero-order valence-electron chi connectivity index (χ0n) is 12.1. The first-order valence-corrected chi connectivity index (χ1v) is 7.22. The Morgan fingerprint density at radius 1 is 1.33 bits per heavy atom. The van der Waals surface area contributed by atoms with Crippen LogP contribution in [0, 0.1) is 11.3 Å². The van der Waals surface area contributed by atoms with Crippen molar-refractivity contribution in [3.63, 3.8) is 0 Å². The first kappa shape index (κ1) is 13.4. The van der Waals surface area contributed by atoms with Crippen LogP contribution in [0.3, 0.4) is 0 Å². The van der Waals surface area contributed by atoms with Crippen LogP contribution in [-0.4, -0.2) is 24.1 Å². The fourth-order valence-electron chi connectivity index (χ4n) is 2.84. The van der Waals surface area contributed by atoms with Crippen LogP contribution < -0.4 is 10.2 Å². The first-order valence-electron chi connectivity index (χ1n) is 7.22. The molecule has 0 saturated carbocycles. The lowest BCUT2D eigenvalue weighted by atomic mass is 10.1. The summed E-state index contributed by atoms with van der Waals surface area (Å²) in [6.45, 7) is 4.04. The number of pyridine rings is 1. The fraction of sp³-hybridized carbons (Fsp3) is 0.294. The van der Waals surface area contributed by atoms with E-state index in [4.69, 9.17) is 5.26 Å². The van der Waals surface area contributed by atoms with Crippen molar-refractivity contribution in [2.45, 2.75) is 19.4 Å². The molecule has 4 heteroatoms. The van der Waals surface area contributed by atoms with E-state index in [1.807, 2.05) is 6.07 Å². The highest BCUT2D eigenvalue weighted by molar-refractivity contribution is 5.59. The van der Waals surface area contributed by atoms with Crippen LogP contribution in [-0.2, 0) is 6.42 Å². The minimum absolute atomic E-state index is 0.540. The standard InChI is InChI=1S/C17H18N4/c1-13-10-15-4-2-3-5-16(15)21(13)9-8-19-17-7-6-14(11-18)12-20-17/h2-7,12-13H,8-10H2,1H3,(H,19,20). The van der Waals surface area contributed by atoms with Crippen molar-refractivity contribution >= 4 is 11.5 Å². The highest BCUT2D eigenvalue weighted by Crippen LogP contribution is 2.31. The first-order chi connectivity index (χ1) is 10.3. The van der Waals surface area contributed by atoms with Crippen molar-refractivity contribution in [1.82, 2.24) is 4.98 Å². The van der Waals surface area contributed by atoms with Gasteiger partial charge in [0.25, 0.3) is 0 Å². The number of hydrogen-bond acceptors (Lipinski definition) is 4. The summed E-state index contributed by atoms with van der Waals surface area (Å²) in [5.41, 5.74) is 3.36. The lowest BCUT2D eigenvalue weighted by Gasteiger charge is -2.25. The molecular formula is C17H18N4. The molecule has 3 rings (SSSR count). The maximum Gasteiger partial charge on any atom is 0.126 e. The molecule has 1 aromatic heterocycles. The Morgan fingerprint density at radius 2 is 2.19 bits per heavy atom. The topological polar surface area (TPSA) is 52.0 Å². The zero-order valence-corrected chi connectivity index (χ0v) is 12.1. The molecule has 0 bridgehead atoms. The van der Waals surface area contributed by atoms with Gasteiger partial charge in [-0.1, -0.05) is 18.2 Å². The number of benzene rings is 1. The van der Waals surface area contributed by atoms with Gasteiger partial charge in [0.1, 0.15) is 11.9 Å². The van der Waals surface area contributed by atoms with E-state index >= 15 is 0 Å². The van der Waals surface area contributed by atoms with Gasteiger partial charge in [-0.15, -0.1) is 0 Å². The number of para-hydroxylation sites is 1. The van der Waals surface area contributed by atoms with Gasteiger partial charge in [-0.05, 0) is 37.1 Å². The molecular weight excluding hydrogens is 260 g/mol. The summed E-state index contributed by atoms with van der Waals surface area (Å²) in [5, 5.41) is 12.1. The van der Waals surface area contributed by atoms with Crippen molar-refractivity contribution in [1.29, 1.82) is 5.26 Å². The number of hydrogen-bond donors (Lipinski definition) is 1. The number of rotatable bonds is 4. The molecule has 0 aliphatic carbocycles. The summed E-state index contributed by atoms with van der Waals surface area (Å²) < 4.78 is 0. The maximum atomic E-state index is 8.75. The van der Waals surface area contributed by atoms with E-state index in [0.717, 1.165) is 25.3 Å². The van der Waals surface area contributed by atoms with Crippen LogP contribution in [0.4, 0.5) is 11.5 Å². The SMILES string of the molecule is CC1Cc2ccccc2N1CCNc1ccc(C#N)cn1. The molecule has 0 spiro atoms. The Morgan fingerprint density at radius 3 is 2.95 bits per heavy atom. The van der Waals surface area contributed by atoms with Gasteiger partial charge in [0.05, 0.1) is 5.56 Å². The van der Waals surface area contributed by atoms with Gasteiger partial charge in [-0.3, -0.25) is 0 Å². The third-order valence-electron chi connectivity index (χ3n) is 3.90. The molecule has 1 aromatic carbocycles. The summed E-state index contributed by atoms with van der Waals surface area (Å²) in [5.74, 6) is 0.814. The zero-order chi connectivity index (χ0) is 14.7.